The fourth-order valence-corrected chi connectivity index (χ4v) is 1.87. The minimum atomic E-state index is -0.477. The minimum absolute atomic E-state index is 0.0780. The summed E-state index contributed by atoms with van der Waals surface area (Å²) in [6, 6.07) is 5.58. The lowest BCUT2D eigenvalue weighted by molar-refractivity contribution is 0.162. The first-order chi connectivity index (χ1) is 8.46. The number of aliphatic hydroxyl groups is 1. The summed E-state index contributed by atoms with van der Waals surface area (Å²) < 4.78 is 10.5. The van der Waals surface area contributed by atoms with Crippen LogP contribution in [0.5, 0.6) is 11.5 Å². The minimum Gasteiger partial charge on any atom is -0.454 e. The van der Waals surface area contributed by atoms with Crippen LogP contribution in [-0.2, 0) is 0 Å². The molecule has 0 radical (unpaired) electrons. The molecule has 1 atom stereocenters. The summed E-state index contributed by atoms with van der Waals surface area (Å²) in [6.45, 7) is 7.37. The van der Waals surface area contributed by atoms with E-state index in [1.807, 2.05) is 18.2 Å². The molecule has 0 saturated heterocycles. The van der Waals surface area contributed by atoms with Crippen molar-refractivity contribution in [3.8, 4) is 11.5 Å². The predicted molar refractivity (Wildman–Crippen MR) is 69.9 cm³/mol. The Kier molecular flexibility index (Phi) is 3.78. The van der Waals surface area contributed by atoms with Gasteiger partial charge in [-0.1, -0.05) is 6.07 Å². The molecule has 2 rings (SSSR count). The Morgan fingerprint density at radius 2 is 2.00 bits per heavy atom. The molecule has 1 heterocycles. The van der Waals surface area contributed by atoms with E-state index in [4.69, 9.17) is 9.47 Å². The third kappa shape index (κ3) is 3.37. The SMILES string of the molecule is CC(C)(C)NCCC(O)c1ccc2c(c1)OCO2. The molecular formula is C14H21NO3. The third-order valence-electron chi connectivity index (χ3n) is 2.85. The van der Waals surface area contributed by atoms with Crippen LogP contribution in [0.3, 0.4) is 0 Å². The molecule has 0 spiro atoms. The zero-order valence-corrected chi connectivity index (χ0v) is 11.2. The van der Waals surface area contributed by atoms with Gasteiger partial charge in [-0.15, -0.1) is 0 Å². The Morgan fingerprint density at radius 3 is 2.72 bits per heavy atom. The topological polar surface area (TPSA) is 50.7 Å². The molecule has 2 N–H and O–H groups in total. The quantitative estimate of drug-likeness (QED) is 0.861. The van der Waals surface area contributed by atoms with Crippen molar-refractivity contribution in [2.75, 3.05) is 13.3 Å². The van der Waals surface area contributed by atoms with Crippen LogP contribution in [0.2, 0.25) is 0 Å². The summed E-state index contributed by atoms with van der Waals surface area (Å²) >= 11 is 0. The molecule has 1 aromatic carbocycles. The second-order valence-electron chi connectivity index (χ2n) is 5.59. The Morgan fingerprint density at radius 1 is 1.28 bits per heavy atom. The number of aliphatic hydroxyl groups excluding tert-OH is 1. The maximum Gasteiger partial charge on any atom is 0.231 e. The molecule has 1 aromatic rings. The molecule has 100 valence electrons. The number of rotatable bonds is 4. The van der Waals surface area contributed by atoms with Crippen LogP contribution in [0.4, 0.5) is 0 Å². The van der Waals surface area contributed by atoms with E-state index in [1.165, 1.54) is 0 Å². The molecule has 1 unspecified atom stereocenters. The largest absolute Gasteiger partial charge is 0.454 e. The van der Waals surface area contributed by atoms with Gasteiger partial charge in [0.2, 0.25) is 6.79 Å². The van der Waals surface area contributed by atoms with Crippen LogP contribution in [0.1, 0.15) is 38.9 Å². The van der Waals surface area contributed by atoms with Crippen LogP contribution < -0.4 is 14.8 Å². The van der Waals surface area contributed by atoms with Crippen LogP contribution >= 0.6 is 0 Å². The molecule has 0 aromatic heterocycles. The molecule has 0 fully saturated rings. The number of benzene rings is 1. The zero-order chi connectivity index (χ0) is 13.2. The molecule has 0 saturated carbocycles. The molecule has 4 nitrogen and oxygen atoms in total. The van der Waals surface area contributed by atoms with Gasteiger partial charge >= 0.3 is 0 Å². The van der Waals surface area contributed by atoms with E-state index in [2.05, 4.69) is 26.1 Å². The van der Waals surface area contributed by atoms with Gasteiger partial charge in [0.25, 0.3) is 0 Å². The van der Waals surface area contributed by atoms with Crippen molar-refractivity contribution in [2.45, 2.75) is 38.8 Å². The molecule has 1 aliphatic rings. The maximum absolute atomic E-state index is 10.1. The summed E-state index contributed by atoms with van der Waals surface area (Å²) in [5.74, 6) is 1.47. The highest BCUT2D eigenvalue weighted by Gasteiger charge is 2.17. The monoisotopic (exact) mass is 251 g/mol. The van der Waals surface area contributed by atoms with E-state index in [-0.39, 0.29) is 12.3 Å². The summed E-state index contributed by atoms with van der Waals surface area (Å²) in [6.07, 6.45) is 0.200. The highest BCUT2D eigenvalue weighted by atomic mass is 16.7. The second kappa shape index (κ2) is 5.16. The standard InChI is InChI=1S/C14H21NO3/c1-14(2,3)15-7-6-11(16)10-4-5-12-13(8-10)18-9-17-12/h4-5,8,11,15-16H,6-7,9H2,1-3H3. The van der Waals surface area contributed by atoms with Gasteiger partial charge in [0.1, 0.15) is 0 Å². The first kappa shape index (κ1) is 13.2. The average Bonchev–Trinajstić information content (AvgIpc) is 2.73. The van der Waals surface area contributed by atoms with Gasteiger partial charge in [0.05, 0.1) is 6.10 Å². The van der Waals surface area contributed by atoms with Gasteiger partial charge in [0.15, 0.2) is 11.5 Å². The van der Waals surface area contributed by atoms with E-state index in [1.54, 1.807) is 0 Å². The normalized spacial score (nSPS) is 15.8. The lowest BCUT2D eigenvalue weighted by atomic mass is 10.0. The van der Waals surface area contributed by atoms with Crippen LogP contribution in [0.15, 0.2) is 18.2 Å². The van der Waals surface area contributed by atoms with E-state index in [9.17, 15) is 5.11 Å². The van der Waals surface area contributed by atoms with Crippen molar-refractivity contribution in [3.05, 3.63) is 23.8 Å². The first-order valence-corrected chi connectivity index (χ1v) is 6.28. The number of hydrogen-bond acceptors (Lipinski definition) is 4. The van der Waals surface area contributed by atoms with E-state index in [0.29, 0.717) is 6.42 Å². The van der Waals surface area contributed by atoms with Gasteiger partial charge < -0.3 is 19.9 Å². The fraction of sp³-hybridized carbons (Fsp3) is 0.571. The lowest BCUT2D eigenvalue weighted by Gasteiger charge is -2.21. The lowest BCUT2D eigenvalue weighted by Crippen LogP contribution is -2.36. The Bertz CT molecular complexity index is 412. The summed E-state index contributed by atoms with van der Waals surface area (Å²) in [7, 11) is 0. The van der Waals surface area contributed by atoms with Gasteiger partial charge in [-0.25, -0.2) is 0 Å². The summed E-state index contributed by atoms with van der Waals surface area (Å²) in [4.78, 5) is 0. The van der Waals surface area contributed by atoms with E-state index in [0.717, 1.165) is 23.6 Å². The van der Waals surface area contributed by atoms with E-state index >= 15 is 0 Å². The molecule has 0 amide bonds. The first-order valence-electron chi connectivity index (χ1n) is 6.28. The number of nitrogens with one attached hydrogen (secondary N) is 1. The molecule has 0 aliphatic carbocycles. The molecule has 0 bridgehead atoms. The third-order valence-corrected chi connectivity index (χ3v) is 2.85. The van der Waals surface area contributed by atoms with Crippen LogP contribution in [-0.4, -0.2) is 24.0 Å². The van der Waals surface area contributed by atoms with Gasteiger partial charge in [-0.2, -0.15) is 0 Å². The maximum atomic E-state index is 10.1. The van der Waals surface area contributed by atoms with Gasteiger partial charge in [-0.3, -0.25) is 0 Å². The molecule has 1 aliphatic heterocycles. The second-order valence-corrected chi connectivity index (χ2v) is 5.59. The van der Waals surface area contributed by atoms with Crippen LogP contribution in [0.25, 0.3) is 0 Å². The van der Waals surface area contributed by atoms with E-state index < -0.39 is 6.10 Å². The number of hydrogen-bond donors (Lipinski definition) is 2. The molecule has 4 heteroatoms. The van der Waals surface area contributed by atoms with Crippen molar-refractivity contribution in [1.29, 1.82) is 0 Å². The Labute approximate surface area is 108 Å². The van der Waals surface area contributed by atoms with Crippen molar-refractivity contribution >= 4 is 0 Å². The number of fused-ring (bicyclic) bond motifs is 1. The smallest absolute Gasteiger partial charge is 0.231 e. The zero-order valence-electron chi connectivity index (χ0n) is 11.2. The highest BCUT2D eigenvalue weighted by molar-refractivity contribution is 5.45. The molecular weight excluding hydrogens is 230 g/mol. The fourth-order valence-electron chi connectivity index (χ4n) is 1.87. The predicted octanol–water partition coefficient (Wildman–Crippen LogP) is 2.23. The van der Waals surface area contributed by atoms with Crippen molar-refractivity contribution in [1.82, 2.24) is 5.32 Å². The van der Waals surface area contributed by atoms with Crippen LogP contribution in [0, 0.1) is 0 Å². The molecule has 18 heavy (non-hydrogen) atoms. The van der Waals surface area contributed by atoms with Crippen molar-refractivity contribution < 1.29 is 14.6 Å². The summed E-state index contributed by atoms with van der Waals surface area (Å²) in [5.41, 5.74) is 0.948. The Balaban J connectivity index is 1.91. The average molecular weight is 251 g/mol. The summed E-state index contributed by atoms with van der Waals surface area (Å²) in [5, 5.41) is 13.5. The number of ether oxygens (including phenoxy) is 2. The van der Waals surface area contributed by atoms with Gasteiger partial charge in [-0.05, 0) is 51.4 Å². The van der Waals surface area contributed by atoms with Gasteiger partial charge in [0, 0.05) is 5.54 Å². The Hall–Kier alpha value is -1.26. The highest BCUT2D eigenvalue weighted by Crippen LogP contribution is 2.34. The van der Waals surface area contributed by atoms with Crippen molar-refractivity contribution in [3.63, 3.8) is 0 Å². The van der Waals surface area contributed by atoms with Crippen molar-refractivity contribution in [2.24, 2.45) is 0 Å².